The van der Waals surface area contributed by atoms with Crippen molar-refractivity contribution in [2.45, 2.75) is 13.3 Å². The standard InChI is InChI=1S/C29H23NO6S/c1-16-13-19(11-12-22(16)35-2)26-25(29(34)36-3)30-23(31)15-20(24(28(32)33)27(30)37-26)14-18-9-6-8-17-7-4-5-10-21(17)18/h4-13,15H,14H2,1-3H3,(H,32,33). The number of aromatic nitrogens is 1. The van der Waals surface area contributed by atoms with Crippen molar-refractivity contribution in [1.82, 2.24) is 4.40 Å². The predicted octanol–water partition coefficient (Wildman–Crippen LogP) is 5.57. The molecule has 0 amide bonds. The molecule has 0 saturated heterocycles. The quantitative estimate of drug-likeness (QED) is 0.298. The molecule has 37 heavy (non-hydrogen) atoms. The smallest absolute Gasteiger partial charge is 0.356 e. The van der Waals surface area contributed by atoms with Gasteiger partial charge in [-0.15, -0.1) is 11.3 Å². The van der Waals surface area contributed by atoms with E-state index in [1.54, 1.807) is 19.2 Å². The van der Waals surface area contributed by atoms with Gasteiger partial charge in [0.05, 0.1) is 24.7 Å². The molecule has 0 fully saturated rings. The molecule has 0 spiro atoms. The number of aromatic carboxylic acids is 1. The van der Waals surface area contributed by atoms with Crippen LogP contribution >= 0.6 is 11.3 Å². The Morgan fingerprint density at radius 3 is 2.43 bits per heavy atom. The van der Waals surface area contributed by atoms with Crippen molar-refractivity contribution in [3.8, 4) is 16.2 Å². The van der Waals surface area contributed by atoms with E-state index in [1.165, 1.54) is 13.2 Å². The van der Waals surface area contributed by atoms with Crippen molar-refractivity contribution in [3.63, 3.8) is 0 Å². The number of ether oxygens (including phenoxy) is 2. The number of carboxylic acids is 1. The molecule has 5 rings (SSSR count). The minimum Gasteiger partial charge on any atom is -0.496 e. The highest BCUT2D eigenvalue weighted by atomic mass is 32.1. The number of carboxylic acid groups (broad SMARTS) is 1. The maximum absolute atomic E-state index is 13.4. The third-order valence-corrected chi connectivity index (χ3v) is 7.62. The molecule has 186 valence electrons. The van der Waals surface area contributed by atoms with Crippen molar-refractivity contribution < 1.29 is 24.2 Å². The van der Waals surface area contributed by atoms with Crippen LogP contribution in [-0.4, -0.2) is 35.7 Å². The zero-order valence-electron chi connectivity index (χ0n) is 20.4. The largest absolute Gasteiger partial charge is 0.496 e. The molecule has 5 aromatic rings. The summed E-state index contributed by atoms with van der Waals surface area (Å²) in [4.78, 5) is 39.5. The van der Waals surface area contributed by atoms with Crippen LogP contribution in [0.25, 0.3) is 26.0 Å². The van der Waals surface area contributed by atoms with E-state index in [9.17, 15) is 19.5 Å². The summed E-state index contributed by atoms with van der Waals surface area (Å²) in [7, 11) is 2.80. The molecular weight excluding hydrogens is 490 g/mol. The van der Waals surface area contributed by atoms with Crippen molar-refractivity contribution in [3.05, 3.63) is 105 Å². The molecule has 1 N–H and O–H groups in total. The lowest BCUT2D eigenvalue weighted by atomic mass is 9.96. The summed E-state index contributed by atoms with van der Waals surface area (Å²) in [6, 6.07) is 20.3. The fourth-order valence-electron chi connectivity index (χ4n) is 4.71. The lowest BCUT2D eigenvalue weighted by Gasteiger charge is -2.11. The highest BCUT2D eigenvalue weighted by Gasteiger charge is 2.28. The highest BCUT2D eigenvalue weighted by Crippen LogP contribution is 2.37. The summed E-state index contributed by atoms with van der Waals surface area (Å²) in [5.74, 6) is -1.23. The number of nitrogens with zero attached hydrogens (tertiary/aromatic N) is 1. The normalized spacial score (nSPS) is 11.1. The van der Waals surface area contributed by atoms with Crippen LogP contribution in [-0.2, 0) is 11.2 Å². The Labute approximate surface area is 216 Å². The van der Waals surface area contributed by atoms with Crippen molar-refractivity contribution >= 4 is 38.9 Å². The molecule has 0 aliphatic heterocycles. The van der Waals surface area contributed by atoms with Crippen LogP contribution in [0.5, 0.6) is 5.75 Å². The molecule has 8 heteroatoms. The summed E-state index contributed by atoms with van der Waals surface area (Å²) in [6.45, 7) is 1.87. The van der Waals surface area contributed by atoms with Gasteiger partial charge in [-0.05, 0) is 64.6 Å². The second kappa shape index (κ2) is 9.55. The number of aryl methyl sites for hydroxylation is 1. The van der Waals surface area contributed by atoms with Crippen molar-refractivity contribution in [2.75, 3.05) is 14.2 Å². The van der Waals surface area contributed by atoms with Gasteiger partial charge in [0.1, 0.15) is 10.6 Å². The summed E-state index contributed by atoms with van der Waals surface area (Å²) >= 11 is 1.08. The van der Waals surface area contributed by atoms with Gasteiger partial charge in [-0.3, -0.25) is 9.20 Å². The average molecular weight is 514 g/mol. The van der Waals surface area contributed by atoms with Crippen molar-refractivity contribution in [2.24, 2.45) is 0 Å². The van der Waals surface area contributed by atoms with E-state index in [1.807, 2.05) is 55.5 Å². The summed E-state index contributed by atoms with van der Waals surface area (Å²) in [5.41, 5.74) is 2.25. The van der Waals surface area contributed by atoms with E-state index in [0.717, 1.165) is 37.6 Å². The molecular formula is C29H23NO6S. The monoisotopic (exact) mass is 513 g/mol. The lowest BCUT2D eigenvalue weighted by Crippen LogP contribution is -2.21. The van der Waals surface area contributed by atoms with Gasteiger partial charge in [0, 0.05) is 6.07 Å². The molecule has 0 saturated carbocycles. The third-order valence-electron chi connectivity index (χ3n) is 6.40. The summed E-state index contributed by atoms with van der Waals surface area (Å²) < 4.78 is 11.5. The van der Waals surface area contributed by atoms with E-state index < -0.39 is 17.5 Å². The molecule has 3 aromatic carbocycles. The van der Waals surface area contributed by atoms with E-state index >= 15 is 0 Å². The van der Waals surface area contributed by atoms with Crippen LogP contribution in [0.3, 0.4) is 0 Å². The van der Waals surface area contributed by atoms with Gasteiger partial charge < -0.3 is 14.6 Å². The number of benzene rings is 3. The maximum Gasteiger partial charge on any atom is 0.356 e. The first kappa shape index (κ1) is 24.3. The van der Waals surface area contributed by atoms with Gasteiger partial charge >= 0.3 is 11.9 Å². The number of hydrogen-bond acceptors (Lipinski definition) is 6. The Hall–Kier alpha value is -4.43. The summed E-state index contributed by atoms with van der Waals surface area (Å²) in [6.07, 6.45) is 0.247. The van der Waals surface area contributed by atoms with E-state index in [2.05, 4.69) is 0 Å². The van der Waals surface area contributed by atoms with Gasteiger partial charge in [0.25, 0.3) is 5.56 Å². The Morgan fingerprint density at radius 1 is 0.973 bits per heavy atom. The van der Waals surface area contributed by atoms with Gasteiger partial charge in [-0.25, -0.2) is 9.59 Å². The first-order chi connectivity index (χ1) is 17.8. The molecule has 7 nitrogen and oxygen atoms in total. The molecule has 0 atom stereocenters. The van der Waals surface area contributed by atoms with Crippen LogP contribution in [0, 0.1) is 6.92 Å². The Morgan fingerprint density at radius 2 is 1.73 bits per heavy atom. The minimum absolute atomic E-state index is 0.00345. The molecule has 0 aliphatic carbocycles. The SMILES string of the molecule is COC(=O)c1c(-c2ccc(OC)c(C)c2)sc2c(C(=O)O)c(Cc3cccc4ccccc34)cc(=O)n12. The summed E-state index contributed by atoms with van der Waals surface area (Å²) in [5, 5.41) is 12.3. The molecule has 2 aromatic heterocycles. The van der Waals surface area contributed by atoms with Gasteiger partial charge in [0.2, 0.25) is 0 Å². The Kier molecular flexibility index (Phi) is 6.27. The zero-order valence-corrected chi connectivity index (χ0v) is 21.2. The first-order valence-corrected chi connectivity index (χ1v) is 12.3. The predicted molar refractivity (Wildman–Crippen MR) is 143 cm³/mol. The van der Waals surface area contributed by atoms with E-state index in [0.29, 0.717) is 21.8 Å². The van der Waals surface area contributed by atoms with Gasteiger partial charge in [0.15, 0.2) is 5.69 Å². The zero-order chi connectivity index (χ0) is 26.3. The van der Waals surface area contributed by atoms with Crippen LogP contribution in [0.2, 0.25) is 0 Å². The lowest BCUT2D eigenvalue weighted by molar-refractivity contribution is 0.0592. The second-order valence-corrected chi connectivity index (χ2v) is 9.60. The van der Waals surface area contributed by atoms with Gasteiger partial charge in [-0.2, -0.15) is 0 Å². The van der Waals surface area contributed by atoms with E-state index in [-0.39, 0.29) is 22.5 Å². The molecule has 0 radical (unpaired) electrons. The van der Waals surface area contributed by atoms with Crippen LogP contribution in [0.15, 0.2) is 71.5 Å². The molecule has 0 aliphatic rings. The number of pyridine rings is 1. The Bertz CT molecular complexity index is 1760. The average Bonchev–Trinajstić information content (AvgIpc) is 3.29. The first-order valence-electron chi connectivity index (χ1n) is 11.5. The van der Waals surface area contributed by atoms with E-state index in [4.69, 9.17) is 9.47 Å². The second-order valence-electron chi connectivity index (χ2n) is 8.60. The molecule has 2 heterocycles. The minimum atomic E-state index is -1.18. The number of esters is 1. The van der Waals surface area contributed by atoms with Crippen LogP contribution in [0.4, 0.5) is 0 Å². The van der Waals surface area contributed by atoms with Crippen LogP contribution in [0.1, 0.15) is 37.5 Å². The maximum atomic E-state index is 13.4. The fraction of sp³-hybridized carbons (Fsp3) is 0.138. The topological polar surface area (TPSA) is 94.3 Å². The highest BCUT2D eigenvalue weighted by molar-refractivity contribution is 7.21. The number of rotatable bonds is 6. The number of fused-ring (bicyclic) bond motifs is 2. The number of methoxy groups -OCH3 is 2. The Balaban J connectivity index is 1.79. The molecule has 0 unspecified atom stereocenters. The third kappa shape index (κ3) is 4.15. The molecule has 0 bridgehead atoms. The van der Waals surface area contributed by atoms with Crippen LogP contribution < -0.4 is 10.3 Å². The fourth-order valence-corrected chi connectivity index (χ4v) is 6.01. The number of thiazole rings is 1. The number of carbonyl (C=O) groups is 2. The van der Waals surface area contributed by atoms with Crippen molar-refractivity contribution in [1.29, 1.82) is 0 Å². The van der Waals surface area contributed by atoms with Gasteiger partial charge in [-0.1, -0.05) is 42.5 Å². The number of carbonyl (C=O) groups excluding carboxylic acids is 1. The number of hydrogen-bond donors (Lipinski definition) is 1.